The van der Waals surface area contributed by atoms with Gasteiger partial charge in [0.2, 0.25) is 5.91 Å². The van der Waals surface area contributed by atoms with Gasteiger partial charge in [-0.05, 0) is 37.7 Å². The van der Waals surface area contributed by atoms with E-state index in [0.29, 0.717) is 11.8 Å². The normalized spacial score (nSPS) is 36.0. The number of aromatic hydroxyl groups is 1. The first-order chi connectivity index (χ1) is 16.8. The van der Waals surface area contributed by atoms with E-state index in [4.69, 9.17) is 5.73 Å². The highest BCUT2D eigenvalue weighted by Gasteiger charge is 2.72. The van der Waals surface area contributed by atoms with Crippen LogP contribution in [0.25, 0.3) is 6.08 Å². The van der Waals surface area contributed by atoms with Gasteiger partial charge in [-0.3, -0.25) is 33.7 Å². The third kappa shape index (κ3) is 3.16. The second-order valence-electron chi connectivity index (χ2n) is 9.83. The molecule has 8 atom stereocenters. The lowest BCUT2D eigenvalue weighted by molar-refractivity contribution is -0.196. The van der Waals surface area contributed by atoms with E-state index in [1.165, 1.54) is 37.2 Å². The number of Topliss-reactive ketones (excluding diaryl/α,β-unsaturated/α-hetero) is 4. The summed E-state index contributed by atoms with van der Waals surface area (Å²) in [5, 5.41) is 33.9. The number of hydrogen-bond acceptors (Lipinski definition) is 10. The molecule has 6 unspecified atom stereocenters. The second-order valence-corrected chi connectivity index (χ2v) is 9.83. The van der Waals surface area contributed by atoms with Crippen LogP contribution >= 0.6 is 0 Å². The van der Waals surface area contributed by atoms with E-state index in [-0.39, 0.29) is 11.1 Å². The van der Waals surface area contributed by atoms with Gasteiger partial charge >= 0.3 is 0 Å². The van der Waals surface area contributed by atoms with Crippen LogP contribution in [0.2, 0.25) is 0 Å². The molecule has 1 aromatic carbocycles. The molecule has 2 fully saturated rings. The number of nitrogens with two attached hydrogens (primary N) is 1. The van der Waals surface area contributed by atoms with Crippen LogP contribution in [-0.2, 0) is 24.0 Å². The maximum atomic E-state index is 13.8. The zero-order valence-corrected chi connectivity index (χ0v) is 19.7. The molecule has 1 aromatic rings. The van der Waals surface area contributed by atoms with E-state index in [0.717, 1.165) is 6.08 Å². The number of phenols is 1. The van der Waals surface area contributed by atoms with Crippen molar-refractivity contribution < 1.29 is 44.1 Å². The Morgan fingerprint density at radius 2 is 1.78 bits per heavy atom. The fourth-order valence-electron chi connectivity index (χ4n) is 6.28. The number of aldehydes is 1. The lowest BCUT2D eigenvalue weighted by Crippen LogP contribution is -2.77. The summed E-state index contributed by atoms with van der Waals surface area (Å²) in [6.07, 6.45) is 1.16. The van der Waals surface area contributed by atoms with Crippen LogP contribution in [0.5, 0.6) is 5.75 Å². The number of likely N-dealkylation sites (N-methyl/N-ethyl adjacent to an activating group) is 1. The van der Waals surface area contributed by atoms with Gasteiger partial charge < -0.3 is 21.1 Å². The molecule has 0 saturated heterocycles. The number of ketones is 4. The summed E-state index contributed by atoms with van der Waals surface area (Å²) in [6.45, 7) is 1.62. The maximum Gasteiger partial charge on any atom is 0.235 e. The number of nitrogens with zero attached hydrogens (tertiary/aromatic N) is 1. The number of hydrogen-bond donors (Lipinski definition) is 4. The highest BCUT2D eigenvalue weighted by atomic mass is 16.3. The summed E-state index contributed by atoms with van der Waals surface area (Å²) in [5.41, 5.74) is 2.46. The minimum atomic E-state index is -3.04. The second kappa shape index (κ2) is 8.54. The Morgan fingerprint density at radius 1 is 1.14 bits per heavy atom. The van der Waals surface area contributed by atoms with Crippen molar-refractivity contribution in [1.82, 2.24) is 4.90 Å². The van der Waals surface area contributed by atoms with Crippen molar-refractivity contribution in [2.24, 2.45) is 29.4 Å². The van der Waals surface area contributed by atoms with Crippen molar-refractivity contribution in [3.8, 4) is 5.75 Å². The van der Waals surface area contributed by atoms with Crippen molar-refractivity contribution in [2.45, 2.75) is 30.6 Å². The molecule has 0 radical (unpaired) electrons. The first-order valence-corrected chi connectivity index (χ1v) is 11.3. The first kappa shape index (κ1) is 25.5. The number of fused-ring (bicyclic) bond motifs is 3. The van der Waals surface area contributed by atoms with Gasteiger partial charge in [0.05, 0.1) is 29.5 Å². The minimum absolute atomic E-state index is 0.126. The highest BCUT2D eigenvalue weighted by Crippen LogP contribution is 2.54. The fraction of sp³-hybridized carbons (Fsp3) is 0.440. The van der Waals surface area contributed by atoms with E-state index in [1.54, 1.807) is 6.92 Å². The summed E-state index contributed by atoms with van der Waals surface area (Å²) in [5.74, 6) is -13.8. The van der Waals surface area contributed by atoms with Gasteiger partial charge in [0, 0.05) is 11.5 Å². The van der Waals surface area contributed by atoms with E-state index in [1.807, 2.05) is 0 Å². The largest absolute Gasteiger partial charge is 0.507 e. The number of phenolic OH excluding ortho intramolecular Hbond substituents is 1. The molecule has 3 aliphatic rings. The van der Waals surface area contributed by atoms with Gasteiger partial charge in [-0.25, -0.2) is 0 Å². The van der Waals surface area contributed by atoms with Crippen LogP contribution in [0.3, 0.4) is 0 Å². The van der Waals surface area contributed by atoms with Crippen molar-refractivity contribution >= 4 is 41.4 Å². The van der Waals surface area contributed by atoms with Gasteiger partial charge in [0.1, 0.15) is 12.0 Å². The topological polar surface area (TPSA) is 192 Å². The number of carbonyl (C=O) groups excluding carboxylic acids is 6. The van der Waals surface area contributed by atoms with Gasteiger partial charge in [0.15, 0.2) is 34.7 Å². The number of primary amides is 1. The van der Waals surface area contributed by atoms with Gasteiger partial charge in [-0.15, -0.1) is 0 Å². The monoisotopic (exact) mass is 498 g/mol. The molecule has 0 heterocycles. The molecular formula is C25H26N2O9. The zero-order chi connectivity index (χ0) is 26.9. The quantitative estimate of drug-likeness (QED) is 0.218. The Balaban J connectivity index is 1.94. The number of benzene rings is 1. The number of aliphatic hydroxyl groups excluding tert-OH is 1. The molecule has 3 aliphatic carbocycles. The highest BCUT2D eigenvalue weighted by molar-refractivity contribution is 6.32. The minimum Gasteiger partial charge on any atom is -0.507 e. The van der Waals surface area contributed by atoms with Crippen molar-refractivity contribution in [3.63, 3.8) is 0 Å². The number of allylic oxidation sites excluding steroid dienone is 1. The lowest BCUT2D eigenvalue weighted by Gasteiger charge is -2.56. The van der Waals surface area contributed by atoms with Crippen LogP contribution < -0.4 is 5.73 Å². The van der Waals surface area contributed by atoms with Crippen LogP contribution in [0.4, 0.5) is 0 Å². The fourth-order valence-corrected chi connectivity index (χ4v) is 6.28. The van der Waals surface area contributed by atoms with Crippen LogP contribution in [0.1, 0.15) is 34.3 Å². The summed E-state index contributed by atoms with van der Waals surface area (Å²) in [7, 11) is 2.86. The number of carbonyl (C=O) groups is 6. The zero-order valence-electron chi connectivity index (χ0n) is 19.7. The van der Waals surface area contributed by atoms with E-state index < -0.39 is 82.1 Å². The molecule has 4 rings (SSSR count). The van der Waals surface area contributed by atoms with Gasteiger partial charge in [-0.2, -0.15) is 0 Å². The van der Waals surface area contributed by atoms with Crippen molar-refractivity contribution in [2.75, 3.05) is 14.1 Å². The third-order valence-electron chi connectivity index (χ3n) is 7.88. The first-order valence-electron chi connectivity index (χ1n) is 11.3. The molecule has 0 bridgehead atoms. The third-order valence-corrected chi connectivity index (χ3v) is 7.88. The molecule has 2 saturated carbocycles. The van der Waals surface area contributed by atoms with Crippen molar-refractivity contribution in [1.29, 1.82) is 0 Å². The van der Waals surface area contributed by atoms with Gasteiger partial charge in [-0.1, -0.05) is 19.1 Å². The summed E-state index contributed by atoms with van der Waals surface area (Å²) in [4.78, 5) is 77.9. The van der Waals surface area contributed by atoms with E-state index >= 15 is 0 Å². The van der Waals surface area contributed by atoms with Crippen molar-refractivity contribution in [3.05, 3.63) is 34.9 Å². The number of rotatable bonds is 4. The Morgan fingerprint density at radius 3 is 2.33 bits per heavy atom. The Hall–Kier alpha value is -3.54. The molecule has 190 valence electrons. The molecule has 0 aliphatic heterocycles. The standard InChI is InChI=1S/C25H26N2O9/c1-9-11-7-6-10(5-4-8-28)18(29)13(11)19(30)14-12(9)20(31)16-17(27(2)3)21(32)15(24(26)35)23(34)25(16,36)22(14)33/h4-9,12,14-17,20,29,31,36H,1-3H3,(H2,26,35)/t9?,12?,14?,15?,16?,17-,20?,25-/m0/s1. The van der Waals surface area contributed by atoms with Gasteiger partial charge in [0.25, 0.3) is 0 Å². The molecule has 11 heteroatoms. The average Bonchev–Trinajstić information content (AvgIpc) is 2.80. The lowest BCUT2D eigenvalue weighted by atomic mass is 9.49. The van der Waals surface area contributed by atoms with Crippen LogP contribution in [0, 0.1) is 23.7 Å². The van der Waals surface area contributed by atoms with E-state index in [2.05, 4.69) is 0 Å². The molecule has 0 aromatic heterocycles. The molecule has 0 spiro atoms. The maximum absolute atomic E-state index is 13.8. The molecule has 36 heavy (non-hydrogen) atoms. The molecular weight excluding hydrogens is 472 g/mol. The molecule has 11 nitrogen and oxygen atoms in total. The number of amides is 1. The molecule has 1 amide bonds. The molecule has 5 N–H and O–H groups in total. The van der Waals surface area contributed by atoms with E-state index in [9.17, 15) is 44.1 Å². The Bertz CT molecular complexity index is 1250. The predicted molar refractivity (Wildman–Crippen MR) is 123 cm³/mol. The summed E-state index contributed by atoms with van der Waals surface area (Å²) < 4.78 is 0. The Kier molecular flexibility index (Phi) is 6.06. The summed E-state index contributed by atoms with van der Waals surface area (Å²) >= 11 is 0. The smallest absolute Gasteiger partial charge is 0.235 e. The summed E-state index contributed by atoms with van der Waals surface area (Å²) in [6, 6.07) is 1.58. The number of aliphatic hydroxyl groups is 2. The SMILES string of the molecule is CC1c2ccc(C=CC=O)c(O)c2C(=O)C2C(=O)[C@]3(O)C(=O)C(C(N)=O)C(=O)[C@@H](N(C)C)C3C(O)C21. The van der Waals surface area contributed by atoms with Crippen LogP contribution in [0.15, 0.2) is 18.2 Å². The van der Waals surface area contributed by atoms with Crippen LogP contribution in [-0.4, -0.2) is 87.4 Å². The predicted octanol–water partition coefficient (Wildman–Crippen LogP) is -1.39. The average molecular weight is 498 g/mol. The Labute approximate surface area is 205 Å².